The number of hydrogen-bond donors (Lipinski definition) is 0. The second-order valence-corrected chi connectivity index (χ2v) is 9.78. The number of nitriles is 1. The zero-order chi connectivity index (χ0) is 24.4. The number of amides is 1. The molecule has 9 heteroatoms. The topological polar surface area (TPSA) is 50.6 Å². The lowest BCUT2D eigenvalue weighted by Gasteiger charge is -2.29. The van der Waals surface area contributed by atoms with Crippen molar-refractivity contribution in [3.8, 4) is 6.07 Å². The molecule has 1 aromatic rings. The molecule has 1 amide bonds. The third-order valence-electron chi connectivity index (χ3n) is 6.78. The highest BCUT2D eigenvalue weighted by Crippen LogP contribution is 2.38. The third-order valence-corrected chi connectivity index (χ3v) is 7.18. The lowest BCUT2D eigenvalue weighted by molar-refractivity contribution is -0.137. The monoisotopic (exact) mass is 480 g/mol. The van der Waals surface area contributed by atoms with Crippen LogP contribution in [0.2, 0.25) is 0 Å². The molecule has 5 nitrogen and oxygen atoms in total. The number of carbonyl (C=O) groups excluding carboxylic acids is 1. The predicted octanol–water partition coefficient (Wildman–Crippen LogP) is 5.33. The Labute approximate surface area is 199 Å². The summed E-state index contributed by atoms with van der Waals surface area (Å²) in [5, 5.41) is 9.24. The number of likely N-dealkylation sites (tertiary alicyclic amines) is 1. The molecule has 1 aromatic carbocycles. The Hall–Kier alpha value is -2.18. The highest BCUT2D eigenvalue weighted by molar-refractivity contribution is 7.80. The fourth-order valence-electron chi connectivity index (χ4n) is 4.71. The maximum absolute atomic E-state index is 13.4. The molecule has 0 bridgehead atoms. The quantitative estimate of drug-likeness (QED) is 0.372. The van der Waals surface area contributed by atoms with Gasteiger partial charge in [0.1, 0.15) is 5.54 Å². The van der Waals surface area contributed by atoms with Gasteiger partial charge in [0.2, 0.25) is 0 Å². The molecule has 2 aliphatic heterocycles. The first-order valence-corrected chi connectivity index (χ1v) is 11.9. The first kappa shape index (κ1) is 25.4. The molecule has 33 heavy (non-hydrogen) atoms. The van der Waals surface area contributed by atoms with Crippen LogP contribution in [0.4, 0.5) is 18.9 Å². The van der Waals surface area contributed by atoms with Crippen molar-refractivity contribution >= 4 is 28.9 Å². The summed E-state index contributed by atoms with van der Waals surface area (Å²) in [6.45, 7) is 8.62. The molecule has 0 aromatic heterocycles. The zero-order valence-electron chi connectivity index (χ0n) is 19.4. The Morgan fingerprint density at radius 2 is 1.85 bits per heavy atom. The van der Waals surface area contributed by atoms with E-state index in [0.29, 0.717) is 12.6 Å². The summed E-state index contributed by atoms with van der Waals surface area (Å²) >= 11 is 5.53. The van der Waals surface area contributed by atoms with Crippen molar-refractivity contribution in [1.29, 1.82) is 5.26 Å². The molecule has 1 unspecified atom stereocenters. The number of benzene rings is 1. The standard InChI is InChI=1S/C24H31F3N4OS/c1-17-9-8-13-29(17)12-6-4-5-7-14-30-22(33)31(21(32)23(30,2)3)19-11-10-18(16-28)20(15-19)24(25,26)27/h10-11,15,17H,4-9,12-14H2,1-3H3. The number of carbonyl (C=O) groups is 1. The second-order valence-electron chi connectivity index (χ2n) is 9.41. The Morgan fingerprint density at radius 1 is 1.18 bits per heavy atom. The van der Waals surface area contributed by atoms with E-state index in [9.17, 15) is 18.0 Å². The van der Waals surface area contributed by atoms with Crippen LogP contribution >= 0.6 is 12.2 Å². The minimum absolute atomic E-state index is 0.0339. The van der Waals surface area contributed by atoms with Crippen LogP contribution in [0.3, 0.4) is 0 Å². The molecule has 2 saturated heterocycles. The third kappa shape index (κ3) is 5.33. The zero-order valence-corrected chi connectivity index (χ0v) is 20.2. The molecule has 0 radical (unpaired) electrons. The van der Waals surface area contributed by atoms with E-state index in [2.05, 4.69) is 11.8 Å². The second kappa shape index (κ2) is 9.98. The van der Waals surface area contributed by atoms with Gasteiger partial charge in [-0.3, -0.25) is 9.69 Å². The van der Waals surface area contributed by atoms with E-state index in [1.165, 1.54) is 30.4 Å². The molecule has 2 aliphatic rings. The van der Waals surface area contributed by atoms with E-state index < -0.39 is 22.8 Å². The Balaban J connectivity index is 1.63. The van der Waals surface area contributed by atoms with Crippen LogP contribution in [0.25, 0.3) is 0 Å². The van der Waals surface area contributed by atoms with Crippen LogP contribution in [0.5, 0.6) is 0 Å². The largest absolute Gasteiger partial charge is 0.417 e. The van der Waals surface area contributed by atoms with Crippen molar-refractivity contribution in [2.24, 2.45) is 0 Å². The van der Waals surface area contributed by atoms with Gasteiger partial charge in [0.15, 0.2) is 5.11 Å². The van der Waals surface area contributed by atoms with Crippen LogP contribution in [-0.4, -0.2) is 52.0 Å². The fourth-order valence-corrected chi connectivity index (χ4v) is 5.21. The number of alkyl halides is 3. The maximum atomic E-state index is 13.4. The van der Waals surface area contributed by atoms with E-state index in [1.54, 1.807) is 24.8 Å². The van der Waals surface area contributed by atoms with Crippen molar-refractivity contribution in [3.63, 3.8) is 0 Å². The van der Waals surface area contributed by atoms with Crippen LogP contribution < -0.4 is 4.90 Å². The number of anilines is 1. The summed E-state index contributed by atoms with van der Waals surface area (Å²) in [5.74, 6) is -0.367. The molecule has 0 N–H and O–H groups in total. The van der Waals surface area contributed by atoms with Gasteiger partial charge in [-0.1, -0.05) is 12.8 Å². The Bertz CT molecular complexity index is 941. The molecule has 180 valence electrons. The molecule has 0 aliphatic carbocycles. The number of thiocarbonyl (C=S) groups is 1. The lowest BCUT2D eigenvalue weighted by atomic mass is 10.0. The van der Waals surface area contributed by atoms with Gasteiger partial charge < -0.3 is 9.80 Å². The summed E-state index contributed by atoms with van der Waals surface area (Å²) in [4.78, 5) is 18.6. The number of unbranched alkanes of at least 4 members (excludes halogenated alkanes) is 3. The van der Waals surface area contributed by atoms with E-state index >= 15 is 0 Å². The average Bonchev–Trinajstić information content (AvgIpc) is 3.23. The molecule has 0 saturated carbocycles. The molecule has 1 atom stereocenters. The van der Waals surface area contributed by atoms with Crippen LogP contribution in [0.15, 0.2) is 18.2 Å². The highest BCUT2D eigenvalue weighted by Gasteiger charge is 2.49. The Morgan fingerprint density at radius 3 is 2.42 bits per heavy atom. The normalized spacial score (nSPS) is 21.2. The van der Waals surface area contributed by atoms with Crippen molar-refractivity contribution in [3.05, 3.63) is 29.3 Å². The molecule has 2 fully saturated rings. The molecule has 3 rings (SSSR count). The van der Waals surface area contributed by atoms with E-state index in [1.807, 2.05) is 0 Å². The van der Waals surface area contributed by atoms with Gasteiger partial charge >= 0.3 is 6.18 Å². The van der Waals surface area contributed by atoms with E-state index in [4.69, 9.17) is 17.5 Å². The van der Waals surface area contributed by atoms with Gasteiger partial charge in [-0.2, -0.15) is 18.4 Å². The number of halogens is 3. The number of rotatable bonds is 8. The van der Waals surface area contributed by atoms with Gasteiger partial charge in [0.25, 0.3) is 5.91 Å². The Kier molecular flexibility index (Phi) is 7.69. The summed E-state index contributed by atoms with van der Waals surface area (Å²) < 4.78 is 40.2. The van der Waals surface area contributed by atoms with E-state index in [0.717, 1.165) is 44.4 Å². The first-order valence-electron chi connectivity index (χ1n) is 11.5. The number of hydrogen-bond acceptors (Lipinski definition) is 4. The summed E-state index contributed by atoms with van der Waals surface area (Å²) in [5.41, 5.74) is -2.47. The van der Waals surface area contributed by atoms with Crippen LogP contribution in [-0.2, 0) is 11.0 Å². The van der Waals surface area contributed by atoms with Gasteiger partial charge in [-0.25, -0.2) is 0 Å². The number of nitrogens with zero attached hydrogens (tertiary/aromatic N) is 4. The summed E-state index contributed by atoms with van der Waals surface area (Å²) in [6.07, 6.45) is 1.92. The van der Waals surface area contributed by atoms with Gasteiger partial charge in [-0.05, 0) is 90.0 Å². The van der Waals surface area contributed by atoms with Crippen molar-refractivity contribution < 1.29 is 18.0 Å². The summed E-state index contributed by atoms with van der Waals surface area (Å²) in [7, 11) is 0. The molecule has 2 heterocycles. The maximum Gasteiger partial charge on any atom is 0.417 e. The highest BCUT2D eigenvalue weighted by atomic mass is 32.1. The van der Waals surface area contributed by atoms with Crippen LogP contribution in [0, 0.1) is 11.3 Å². The van der Waals surface area contributed by atoms with Gasteiger partial charge in [0, 0.05) is 12.6 Å². The van der Waals surface area contributed by atoms with Crippen LogP contribution in [0.1, 0.15) is 70.4 Å². The average molecular weight is 481 g/mol. The lowest BCUT2D eigenvalue weighted by Crippen LogP contribution is -2.44. The first-order chi connectivity index (χ1) is 15.5. The van der Waals surface area contributed by atoms with E-state index in [-0.39, 0.29) is 16.7 Å². The van der Waals surface area contributed by atoms with Crippen molar-refractivity contribution in [2.45, 2.75) is 77.1 Å². The van der Waals surface area contributed by atoms with Crippen molar-refractivity contribution in [1.82, 2.24) is 9.80 Å². The van der Waals surface area contributed by atoms with Gasteiger partial charge in [-0.15, -0.1) is 0 Å². The smallest absolute Gasteiger partial charge is 0.334 e. The van der Waals surface area contributed by atoms with Gasteiger partial charge in [0.05, 0.1) is 22.9 Å². The predicted molar refractivity (Wildman–Crippen MR) is 126 cm³/mol. The molecular formula is C24H31F3N4OS. The fraction of sp³-hybridized carbons (Fsp3) is 0.625. The van der Waals surface area contributed by atoms with Crippen molar-refractivity contribution in [2.75, 3.05) is 24.5 Å². The summed E-state index contributed by atoms with van der Waals surface area (Å²) in [6, 6.07) is 5.50. The minimum atomic E-state index is -4.70. The molecule has 0 spiro atoms. The SMILES string of the molecule is CC1CCCN1CCCCCCN1C(=S)N(c2ccc(C#N)c(C(F)(F)F)c2)C(=O)C1(C)C. The molecular weight excluding hydrogens is 449 g/mol. The minimum Gasteiger partial charge on any atom is -0.334 e.